The molecule has 2 aromatic rings. The number of aliphatic hydroxyl groups is 1. The van der Waals surface area contributed by atoms with Crippen molar-refractivity contribution in [3.05, 3.63) is 72.4 Å². The van der Waals surface area contributed by atoms with E-state index in [1.165, 1.54) is 9.80 Å². The average Bonchev–Trinajstić information content (AvgIpc) is 3.35. The smallest absolute Gasteiger partial charge is 0.328 e. The summed E-state index contributed by atoms with van der Waals surface area (Å²) in [5.41, 5.74) is 2.85. The van der Waals surface area contributed by atoms with Crippen LogP contribution in [0.15, 0.2) is 71.9 Å². The van der Waals surface area contributed by atoms with Gasteiger partial charge in [0.25, 0.3) is 5.91 Å². The van der Waals surface area contributed by atoms with Crippen LogP contribution >= 0.6 is 0 Å². The number of guanidine groups is 1. The van der Waals surface area contributed by atoms with Crippen LogP contribution in [-0.2, 0) is 4.79 Å². The van der Waals surface area contributed by atoms with Crippen molar-refractivity contribution < 1.29 is 14.7 Å². The molecule has 2 aromatic carbocycles. The summed E-state index contributed by atoms with van der Waals surface area (Å²) in [7, 11) is 1.67. The van der Waals surface area contributed by atoms with Crippen LogP contribution in [0.25, 0.3) is 5.70 Å². The highest BCUT2D eigenvalue weighted by molar-refractivity contribution is 6.16. The largest absolute Gasteiger partial charge is 0.396 e. The number of aliphatic hydroxyl groups excluding tert-OH is 1. The van der Waals surface area contributed by atoms with Gasteiger partial charge in [0.1, 0.15) is 0 Å². The molecule has 2 atom stereocenters. The number of likely N-dealkylation sites (N-methyl/N-ethyl adjacent to an activating group) is 1. The third-order valence-electron chi connectivity index (χ3n) is 5.84. The van der Waals surface area contributed by atoms with Crippen molar-refractivity contribution in [3.8, 4) is 0 Å². The number of carbonyl (C=O) groups is 2. The van der Waals surface area contributed by atoms with Crippen LogP contribution in [0.5, 0.6) is 0 Å². The Hall–Kier alpha value is -3.65. The number of hydrogen-bond donors (Lipinski definition) is 1. The van der Waals surface area contributed by atoms with E-state index in [0.29, 0.717) is 12.4 Å². The number of carbonyl (C=O) groups excluding carboxylic acids is 2. The van der Waals surface area contributed by atoms with Crippen LogP contribution in [0.4, 0.5) is 10.5 Å². The molecule has 5 rings (SSSR count). The van der Waals surface area contributed by atoms with Gasteiger partial charge in [-0.25, -0.2) is 9.79 Å². The first-order chi connectivity index (χ1) is 15.1. The normalized spacial score (nSPS) is 22.5. The van der Waals surface area contributed by atoms with Crippen molar-refractivity contribution >= 4 is 29.3 Å². The zero-order chi connectivity index (χ0) is 21.5. The van der Waals surface area contributed by atoms with Crippen molar-refractivity contribution in [1.29, 1.82) is 0 Å². The molecule has 0 aliphatic carbocycles. The van der Waals surface area contributed by atoms with Gasteiger partial charge >= 0.3 is 6.03 Å². The lowest BCUT2D eigenvalue weighted by Crippen LogP contribution is -2.64. The first-order valence-electron chi connectivity index (χ1n) is 10.3. The number of aliphatic imine (C=N–C) groups is 1. The van der Waals surface area contributed by atoms with Gasteiger partial charge in [-0.15, -0.1) is 0 Å². The van der Waals surface area contributed by atoms with E-state index in [1.54, 1.807) is 7.05 Å². The summed E-state index contributed by atoms with van der Waals surface area (Å²) in [6.07, 6.45) is 1.69. The lowest BCUT2D eigenvalue weighted by Gasteiger charge is -2.40. The zero-order valence-electron chi connectivity index (χ0n) is 17.1. The molecule has 0 spiro atoms. The van der Waals surface area contributed by atoms with Crippen molar-refractivity contribution in [3.63, 3.8) is 0 Å². The number of amides is 3. The first-order valence-corrected chi connectivity index (χ1v) is 10.3. The van der Waals surface area contributed by atoms with E-state index in [-0.39, 0.29) is 25.1 Å². The summed E-state index contributed by atoms with van der Waals surface area (Å²) >= 11 is 0. The maximum Gasteiger partial charge on any atom is 0.328 e. The topological polar surface area (TPSA) is 79.7 Å². The number of rotatable bonds is 5. The monoisotopic (exact) mass is 417 g/mol. The molecule has 1 fully saturated rings. The molecular formula is C23H23N5O3. The van der Waals surface area contributed by atoms with E-state index in [9.17, 15) is 14.7 Å². The van der Waals surface area contributed by atoms with Crippen molar-refractivity contribution in [2.45, 2.75) is 18.6 Å². The van der Waals surface area contributed by atoms with Gasteiger partial charge < -0.3 is 10.0 Å². The highest BCUT2D eigenvalue weighted by atomic mass is 16.3. The molecule has 158 valence electrons. The summed E-state index contributed by atoms with van der Waals surface area (Å²) in [5.74, 6) is 0.330. The quantitative estimate of drug-likeness (QED) is 0.807. The minimum absolute atomic E-state index is 0.0832. The van der Waals surface area contributed by atoms with E-state index < -0.39 is 12.2 Å². The Morgan fingerprint density at radius 3 is 2.35 bits per heavy atom. The highest BCUT2D eigenvalue weighted by Gasteiger charge is 2.54. The molecule has 0 aromatic heterocycles. The fourth-order valence-electron chi connectivity index (χ4n) is 4.31. The zero-order valence-corrected chi connectivity index (χ0v) is 17.1. The van der Waals surface area contributed by atoms with Gasteiger partial charge in [-0.05, 0) is 18.6 Å². The van der Waals surface area contributed by atoms with Crippen LogP contribution in [0.2, 0.25) is 0 Å². The Bertz CT molecular complexity index is 1070. The predicted octanol–water partition coefficient (Wildman–Crippen LogP) is 2.15. The fourth-order valence-corrected chi connectivity index (χ4v) is 4.31. The van der Waals surface area contributed by atoms with Crippen LogP contribution in [0, 0.1) is 0 Å². The van der Waals surface area contributed by atoms with Gasteiger partial charge in [0, 0.05) is 37.7 Å². The van der Waals surface area contributed by atoms with Gasteiger partial charge in [0.2, 0.25) is 5.96 Å². The van der Waals surface area contributed by atoms with E-state index in [2.05, 4.69) is 0 Å². The maximum absolute atomic E-state index is 13.3. The molecule has 3 heterocycles. The predicted molar refractivity (Wildman–Crippen MR) is 117 cm³/mol. The molecule has 31 heavy (non-hydrogen) atoms. The number of anilines is 1. The number of para-hydroxylation sites is 1. The second kappa shape index (κ2) is 7.55. The first kappa shape index (κ1) is 19.3. The molecule has 2 unspecified atom stereocenters. The van der Waals surface area contributed by atoms with Gasteiger partial charge in [-0.1, -0.05) is 48.5 Å². The summed E-state index contributed by atoms with van der Waals surface area (Å²) in [5, 5.41) is 9.18. The molecule has 8 heteroatoms. The number of benzene rings is 2. The van der Waals surface area contributed by atoms with Crippen LogP contribution in [-0.4, -0.2) is 70.1 Å². The molecule has 0 radical (unpaired) electrons. The maximum atomic E-state index is 13.3. The SMILES string of the molecule is CN1C(=O)N(CCCO)C(=O)C2C1N=C1N(c3ccccc3)C(c3ccccc3)=CN12. The Morgan fingerprint density at radius 1 is 1.00 bits per heavy atom. The van der Waals surface area contributed by atoms with Crippen molar-refractivity contribution in [2.24, 2.45) is 4.99 Å². The van der Waals surface area contributed by atoms with Gasteiger partial charge in [0.05, 0.1) is 5.70 Å². The molecule has 8 nitrogen and oxygen atoms in total. The molecule has 3 aliphatic rings. The molecule has 1 saturated heterocycles. The van der Waals surface area contributed by atoms with Crippen molar-refractivity contribution in [1.82, 2.24) is 14.7 Å². The van der Waals surface area contributed by atoms with Gasteiger partial charge in [-0.2, -0.15) is 0 Å². The molecule has 1 N–H and O–H groups in total. The Labute approximate surface area is 180 Å². The van der Waals surface area contributed by atoms with E-state index >= 15 is 0 Å². The molecule has 3 amide bonds. The third-order valence-corrected chi connectivity index (χ3v) is 5.84. The number of fused-ring (bicyclic) bond motifs is 3. The Morgan fingerprint density at radius 2 is 1.68 bits per heavy atom. The van der Waals surface area contributed by atoms with Crippen molar-refractivity contribution in [2.75, 3.05) is 25.1 Å². The summed E-state index contributed by atoms with van der Waals surface area (Å²) in [6.45, 7) is 0.0999. The molecule has 3 aliphatic heterocycles. The molecule has 0 bridgehead atoms. The van der Waals surface area contributed by atoms with E-state index in [4.69, 9.17) is 4.99 Å². The summed E-state index contributed by atoms with van der Waals surface area (Å²) in [6, 6.07) is 18.8. The average molecular weight is 417 g/mol. The number of hydrogen-bond acceptors (Lipinski definition) is 6. The number of urea groups is 1. The van der Waals surface area contributed by atoms with Crippen LogP contribution in [0.1, 0.15) is 12.0 Å². The second-order valence-corrected chi connectivity index (χ2v) is 7.71. The van der Waals surface area contributed by atoms with Crippen LogP contribution < -0.4 is 4.90 Å². The van der Waals surface area contributed by atoms with Gasteiger partial charge in [-0.3, -0.25) is 19.5 Å². The number of nitrogens with zero attached hydrogens (tertiary/aromatic N) is 5. The van der Waals surface area contributed by atoms with Crippen LogP contribution in [0.3, 0.4) is 0 Å². The molecular weight excluding hydrogens is 394 g/mol. The fraction of sp³-hybridized carbons (Fsp3) is 0.261. The lowest BCUT2D eigenvalue weighted by molar-refractivity contribution is -0.136. The van der Waals surface area contributed by atoms with E-state index in [0.717, 1.165) is 16.9 Å². The Kier molecular flexibility index (Phi) is 4.71. The summed E-state index contributed by atoms with van der Waals surface area (Å²) < 4.78 is 0. The summed E-state index contributed by atoms with van der Waals surface area (Å²) in [4.78, 5) is 37.6. The Balaban J connectivity index is 1.58. The highest BCUT2D eigenvalue weighted by Crippen LogP contribution is 2.39. The lowest BCUT2D eigenvalue weighted by atomic mass is 10.1. The van der Waals surface area contributed by atoms with E-state index in [1.807, 2.05) is 76.7 Å². The second-order valence-electron chi connectivity index (χ2n) is 7.71. The minimum atomic E-state index is -0.635. The van der Waals surface area contributed by atoms with Gasteiger partial charge in [0.15, 0.2) is 12.2 Å². The standard InChI is InChI=1S/C23H23N5O3/c1-25-20-19(21(30)26(23(25)31)13-8-14-29)27-15-18(16-9-4-2-5-10-16)28(22(27)24-20)17-11-6-3-7-12-17/h2-7,9-12,15,19-20,29H,8,13-14H2,1H3. The molecule has 0 saturated carbocycles. The third kappa shape index (κ3) is 2.98. The minimum Gasteiger partial charge on any atom is -0.396 e. The number of imide groups is 1.